The molecule has 0 radical (unpaired) electrons. The molecule has 1 aromatic carbocycles. The molecule has 2 atom stereocenters. The number of hydrogen-bond acceptors (Lipinski definition) is 4. The second-order valence-corrected chi connectivity index (χ2v) is 6.94. The van der Waals surface area contributed by atoms with E-state index in [0.29, 0.717) is 0 Å². The van der Waals surface area contributed by atoms with Gasteiger partial charge in [-0.05, 0) is 39.0 Å². The monoisotopic (exact) mass is 359 g/mol. The molecule has 0 aromatic heterocycles. The van der Waals surface area contributed by atoms with Gasteiger partial charge in [-0.2, -0.15) is 0 Å². The topological polar surface area (TPSA) is 76.1 Å². The number of hydrogen-bond donors (Lipinski definition) is 1. The molecule has 1 N–H and O–H groups in total. The number of carboxylic acid groups (broad SMARTS) is 1. The molecule has 1 aliphatic heterocycles. The zero-order chi connectivity index (χ0) is 18.1. The van der Waals surface area contributed by atoms with E-state index in [1.54, 1.807) is 20.8 Å². The lowest BCUT2D eigenvalue weighted by Gasteiger charge is -2.26. The molecule has 0 spiro atoms. The summed E-state index contributed by atoms with van der Waals surface area (Å²) in [5.74, 6) is -1.41. The van der Waals surface area contributed by atoms with Gasteiger partial charge in [0.25, 0.3) is 0 Å². The minimum absolute atomic E-state index is 0.0413. The summed E-state index contributed by atoms with van der Waals surface area (Å²) < 4.78 is 23.9. The molecule has 1 amide bonds. The van der Waals surface area contributed by atoms with Gasteiger partial charge >= 0.3 is 12.1 Å². The first-order valence-electron chi connectivity index (χ1n) is 7.41. The van der Waals surface area contributed by atoms with E-state index >= 15 is 0 Å². The highest BCUT2D eigenvalue weighted by atomic mass is 35.5. The lowest BCUT2D eigenvalue weighted by atomic mass is 10.2. The van der Waals surface area contributed by atoms with Crippen LogP contribution >= 0.6 is 11.6 Å². The normalized spacial score (nSPS) is 20.8. The molecule has 0 aliphatic carbocycles. The van der Waals surface area contributed by atoms with Gasteiger partial charge in [-0.15, -0.1) is 0 Å². The van der Waals surface area contributed by atoms with E-state index < -0.39 is 35.6 Å². The van der Waals surface area contributed by atoms with Crippen LogP contribution in [0, 0.1) is 5.82 Å². The summed E-state index contributed by atoms with van der Waals surface area (Å²) in [6, 6.07) is 2.61. The molecule has 0 bridgehead atoms. The van der Waals surface area contributed by atoms with Crippen molar-refractivity contribution in [3.05, 3.63) is 29.0 Å². The van der Waals surface area contributed by atoms with Crippen molar-refractivity contribution in [3.63, 3.8) is 0 Å². The molecule has 1 aliphatic rings. The number of likely N-dealkylation sites (tertiary alicyclic amines) is 1. The lowest BCUT2D eigenvalue weighted by Crippen LogP contribution is -2.43. The largest absolute Gasteiger partial charge is 0.487 e. The fourth-order valence-electron chi connectivity index (χ4n) is 2.39. The first-order chi connectivity index (χ1) is 11.1. The van der Waals surface area contributed by atoms with E-state index in [0.717, 1.165) is 11.0 Å². The lowest BCUT2D eigenvalue weighted by molar-refractivity contribution is -0.142. The molecule has 2 unspecified atom stereocenters. The molecule has 2 rings (SSSR count). The highest BCUT2D eigenvalue weighted by molar-refractivity contribution is 6.32. The Balaban J connectivity index is 2.11. The summed E-state index contributed by atoms with van der Waals surface area (Å²) in [6.45, 7) is 5.13. The number of halogens is 2. The SMILES string of the molecule is CC(C)(C)OC(=O)N1CC(Oc2ccc(F)cc2Cl)CC1C(=O)O. The van der Waals surface area contributed by atoms with Gasteiger partial charge < -0.3 is 14.6 Å². The minimum atomic E-state index is -1.14. The highest BCUT2D eigenvalue weighted by Gasteiger charge is 2.42. The van der Waals surface area contributed by atoms with Gasteiger partial charge in [0.1, 0.15) is 29.3 Å². The second-order valence-electron chi connectivity index (χ2n) is 6.54. The van der Waals surface area contributed by atoms with E-state index in [4.69, 9.17) is 21.1 Å². The van der Waals surface area contributed by atoms with Crippen LogP contribution in [0.5, 0.6) is 5.75 Å². The number of ether oxygens (including phenoxy) is 2. The Morgan fingerprint density at radius 3 is 2.58 bits per heavy atom. The standard InChI is InChI=1S/C16H19ClFNO5/c1-16(2,3)24-15(22)19-8-10(7-12(19)14(20)21)23-13-5-4-9(18)6-11(13)17/h4-6,10,12H,7-8H2,1-3H3,(H,20,21). The number of nitrogens with zero attached hydrogens (tertiary/aromatic N) is 1. The van der Waals surface area contributed by atoms with Gasteiger partial charge in [0.15, 0.2) is 0 Å². The average molecular weight is 360 g/mol. The van der Waals surface area contributed by atoms with Crippen molar-refractivity contribution < 1.29 is 28.6 Å². The molecule has 0 saturated carbocycles. The van der Waals surface area contributed by atoms with E-state index in [1.165, 1.54) is 12.1 Å². The predicted molar refractivity (Wildman–Crippen MR) is 84.8 cm³/mol. The zero-order valence-electron chi connectivity index (χ0n) is 13.6. The van der Waals surface area contributed by atoms with Crippen LogP contribution in [-0.2, 0) is 9.53 Å². The van der Waals surface area contributed by atoms with Crippen LogP contribution in [-0.4, -0.2) is 46.4 Å². The van der Waals surface area contributed by atoms with Crippen molar-refractivity contribution in [1.29, 1.82) is 0 Å². The van der Waals surface area contributed by atoms with Gasteiger partial charge in [0.05, 0.1) is 11.6 Å². The summed E-state index contributed by atoms with van der Waals surface area (Å²) in [7, 11) is 0. The number of carbonyl (C=O) groups is 2. The summed E-state index contributed by atoms with van der Waals surface area (Å²) in [5.41, 5.74) is -0.737. The van der Waals surface area contributed by atoms with Crippen molar-refractivity contribution >= 4 is 23.7 Å². The Bertz CT molecular complexity index is 646. The van der Waals surface area contributed by atoms with Crippen molar-refractivity contribution in [2.45, 2.75) is 44.9 Å². The number of rotatable bonds is 3. The number of carboxylic acids is 1. The van der Waals surface area contributed by atoms with E-state index in [9.17, 15) is 19.1 Å². The van der Waals surface area contributed by atoms with Gasteiger partial charge in [0, 0.05) is 6.42 Å². The van der Waals surface area contributed by atoms with Crippen molar-refractivity contribution in [3.8, 4) is 5.75 Å². The fraction of sp³-hybridized carbons (Fsp3) is 0.500. The highest BCUT2D eigenvalue weighted by Crippen LogP contribution is 2.30. The smallest absolute Gasteiger partial charge is 0.411 e. The third-order valence-electron chi connectivity index (χ3n) is 3.36. The summed E-state index contributed by atoms with van der Waals surface area (Å²) in [4.78, 5) is 24.7. The molecule has 1 heterocycles. The average Bonchev–Trinajstić information content (AvgIpc) is 2.84. The summed E-state index contributed by atoms with van der Waals surface area (Å²) in [6.07, 6.45) is -1.21. The maximum absolute atomic E-state index is 13.1. The van der Waals surface area contributed by atoms with Crippen molar-refractivity contribution in [2.24, 2.45) is 0 Å². The van der Waals surface area contributed by atoms with Gasteiger partial charge in [0.2, 0.25) is 0 Å². The molecule has 1 fully saturated rings. The number of amides is 1. The fourth-order valence-corrected chi connectivity index (χ4v) is 2.60. The van der Waals surface area contributed by atoms with Gasteiger partial charge in [-0.1, -0.05) is 11.6 Å². The van der Waals surface area contributed by atoms with E-state index in [-0.39, 0.29) is 23.7 Å². The van der Waals surface area contributed by atoms with Crippen LogP contribution < -0.4 is 4.74 Å². The quantitative estimate of drug-likeness (QED) is 0.895. The number of benzene rings is 1. The zero-order valence-corrected chi connectivity index (χ0v) is 14.3. The molecular weight excluding hydrogens is 341 g/mol. The van der Waals surface area contributed by atoms with E-state index in [2.05, 4.69) is 0 Å². The Morgan fingerprint density at radius 1 is 1.38 bits per heavy atom. The Labute approximate surface area is 144 Å². The van der Waals surface area contributed by atoms with Crippen LogP contribution in [0.4, 0.5) is 9.18 Å². The van der Waals surface area contributed by atoms with E-state index in [1.807, 2.05) is 0 Å². The predicted octanol–water partition coefficient (Wildman–Crippen LogP) is 3.32. The van der Waals surface area contributed by atoms with Crippen LogP contribution in [0.25, 0.3) is 0 Å². The van der Waals surface area contributed by atoms with Gasteiger partial charge in [-0.25, -0.2) is 14.0 Å². The first kappa shape index (κ1) is 18.3. The van der Waals surface area contributed by atoms with Crippen molar-refractivity contribution in [2.75, 3.05) is 6.54 Å². The minimum Gasteiger partial charge on any atom is -0.487 e. The Hall–Kier alpha value is -2.02. The van der Waals surface area contributed by atoms with Gasteiger partial charge in [-0.3, -0.25) is 4.90 Å². The maximum Gasteiger partial charge on any atom is 0.411 e. The summed E-state index contributed by atoms with van der Waals surface area (Å²) >= 11 is 5.91. The Morgan fingerprint density at radius 2 is 2.04 bits per heavy atom. The van der Waals surface area contributed by atoms with Crippen LogP contribution in [0.15, 0.2) is 18.2 Å². The maximum atomic E-state index is 13.1. The molecule has 1 saturated heterocycles. The third-order valence-corrected chi connectivity index (χ3v) is 3.66. The first-order valence-corrected chi connectivity index (χ1v) is 7.79. The third kappa shape index (κ3) is 4.50. The Kier molecular flexibility index (Phi) is 5.22. The van der Waals surface area contributed by atoms with Crippen LogP contribution in [0.1, 0.15) is 27.2 Å². The number of aliphatic carboxylic acids is 1. The second kappa shape index (κ2) is 6.84. The van der Waals surface area contributed by atoms with Crippen LogP contribution in [0.2, 0.25) is 5.02 Å². The molecule has 24 heavy (non-hydrogen) atoms. The molecule has 6 nitrogen and oxygen atoms in total. The number of carbonyl (C=O) groups excluding carboxylic acids is 1. The van der Waals surface area contributed by atoms with Crippen LogP contribution in [0.3, 0.4) is 0 Å². The molecule has 8 heteroatoms. The summed E-state index contributed by atoms with van der Waals surface area (Å²) in [5, 5.41) is 9.41. The molecule has 132 valence electrons. The molecular formula is C16H19ClFNO5. The van der Waals surface area contributed by atoms with Crippen molar-refractivity contribution in [1.82, 2.24) is 4.90 Å². The molecule has 1 aromatic rings.